The van der Waals surface area contributed by atoms with Crippen LogP contribution in [0.4, 0.5) is 0 Å². The molecule has 0 aliphatic carbocycles. The van der Waals surface area contributed by atoms with Gasteiger partial charge >= 0.3 is 0 Å². The summed E-state index contributed by atoms with van der Waals surface area (Å²) in [6.45, 7) is 9.12. The van der Waals surface area contributed by atoms with Crippen molar-refractivity contribution in [3.63, 3.8) is 0 Å². The highest BCUT2D eigenvalue weighted by atomic mass is 127. The Labute approximate surface area is 174 Å². The number of carbonyl (C=O) groups is 1. The fraction of sp³-hybridized carbons (Fsp3) is 0.889. The molecule has 2 aliphatic heterocycles. The van der Waals surface area contributed by atoms with Crippen LogP contribution in [0, 0.1) is 0 Å². The molecule has 26 heavy (non-hydrogen) atoms. The number of piperidine rings is 1. The lowest BCUT2D eigenvalue weighted by Crippen LogP contribution is -2.47. The highest BCUT2D eigenvalue weighted by Gasteiger charge is 2.23. The summed E-state index contributed by atoms with van der Waals surface area (Å²) in [6, 6.07) is 0. The number of rotatable bonds is 7. The summed E-state index contributed by atoms with van der Waals surface area (Å²) in [5.41, 5.74) is 0. The quantitative estimate of drug-likeness (QED) is 0.251. The van der Waals surface area contributed by atoms with Crippen LogP contribution in [0.2, 0.25) is 0 Å². The van der Waals surface area contributed by atoms with Crippen LogP contribution in [0.25, 0.3) is 0 Å². The minimum absolute atomic E-state index is 0. The Kier molecular flexibility index (Phi) is 12.2. The van der Waals surface area contributed by atoms with E-state index in [2.05, 4.69) is 27.4 Å². The van der Waals surface area contributed by atoms with Crippen LogP contribution in [-0.4, -0.2) is 74.9 Å². The van der Waals surface area contributed by atoms with Crippen LogP contribution in [0.1, 0.15) is 46.0 Å². The molecule has 2 aliphatic rings. The molecule has 0 aromatic carbocycles. The number of ether oxygens (including phenoxy) is 2. The standard InChI is InChI=1S/C18H34N4O3.HI/c1-3-19-18(21-10-9-20-15(2)23)22-11-7-16(8-12-22)25-14-17-6-4-5-13-24-17;/h16-17H,3-14H2,1-2H3,(H,19,21)(H,20,23);1H. The maximum Gasteiger partial charge on any atom is 0.216 e. The zero-order valence-corrected chi connectivity index (χ0v) is 18.5. The lowest BCUT2D eigenvalue weighted by atomic mass is 10.1. The number of amides is 1. The van der Waals surface area contributed by atoms with Gasteiger partial charge in [0.1, 0.15) is 0 Å². The summed E-state index contributed by atoms with van der Waals surface area (Å²) < 4.78 is 11.8. The molecule has 0 aromatic rings. The number of hydrogen-bond donors (Lipinski definition) is 2. The zero-order chi connectivity index (χ0) is 17.9. The Balaban J connectivity index is 0.00000338. The number of guanidine groups is 1. The van der Waals surface area contributed by atoms with E-state index in [4.69, 9.17) is 9.47 Å². The Morgan fingerprint density at radius 1 is 1.23 bits per heavy atom. The van der Waals surface area contributed by atoms with E-state index >= 15 is 0 Å². The second-order valence-corrected chi connectivity index (χ2v) is 6.73. The minimum atomic E-state index is -0.0138. The molecule has 7 nitrogen and oxygen atoms in total. The first kappa shape index (κ1) is 23.4. The van der Waals surface area contributed by atoms with Crippen LogP contribution in [0.5, 0.6) is 0 Å². The van der Waals surface area contributed by atoms with Gasteiger partial charge in [0.25, 0.3) is 0 Å². The van der Waals surface area contributed by atoms with Crippen molar-refractivity contribution >= 4 is 35.8 Å². The number of halogens is 1. The molecule has 0 saturated carbocycles. The van der Waals surface area contributed by atoms with E-state index in [1.165, 1.54) is 19.8 Å². The van der Waals surface area contributed by atoms with Crippen molar-refractivity contribution in [2.24, 2.45) is 4.99 Å². The Hall–Kier alpha value is -0.610. The summed E-state index contributed by atoms with van der Waals surface area (Å²) in [6.07, 6.45) is 6.22. The molecule has 1 unspecified atom stereocenters. The normalized spacial score (nSPS) is 21.8. The Bertz CT molecular complexity index is 423. The highest BCUT2D eigenvalue weighted by Crippen LogP contribution is 2.17. The second-order valence-electron chi connectivity index (χ2n) is 6.73. The third-order valence-corrected chi connectivity index (χ3v) is 4.62. The first-order valence-corrected chi connectivity index (χ1v) is 9.70. The van der Waals surface area contributed by atoms with Crippen molar-refractivity contribution in [2.75, 3.05) is 45.9 Å². The summed E-state index contributed by atoms with van der Waals surface area (Å²) >= 11 is 0. The van der Waals surface area contributed by atoms with E-state index in [0.717, 1.165) is 58.1 Å². The van der Waals surface area contributed by atoms with Crippen LogP contribution >= 0.6 is 24.0 Å². The number of likely N-dealkylation sites (tertiary alicyclic amines) is 1. The van der Waals surface area contributed by atoms with Gasteiger partial charge in [-0.2, -0.15) is 0 Å². The molecule has 2 fully saturated rings. The van der Waals surface area contributed by atoms with Crippen molar-refractivity contribution < 1.29 is 14.3 Å². The molecular formula is C18H35IN4O3. The van der Waals surface area contributed by atoms with Gasteiger partial charge in [0.15, 0.2) is 5.96 Å². The number of carbonyl (C=O) groups excluding carboxylic acids is 1. The predicted molar refractivity (Wildman–Crippen MR) is 114 cm³/mol. The highest BCUT2D eigenvalue weighted by molar-refractivity contribution is 14.0. The van der Waals surface area contributed by atoms with Gasteiger partial charge in [-0.15, -0.1) is 24.0 Å². The third kappa shape index (κ3) is 8.85. The van der Waals surface area contributed by atoms with Crippen LogP contribution < -0.4 is 10.6 Å². The van der Waals surface area contributed by atoms with Crippen molar-refractivity contribution in [1.29, 1.82) is 0 Å². The van der Waals surface area contributed by atoms with Gasteiger partial charge in [-0.1, -0.05) is 0 Å². The summed E-state index contributed by atoms with van der Waals surface area (Å²) in [5, 5.41) is 6.12. The molecule has 8 heteroatoms. The van der Waals surface area contributed by atoms with Gasteiger partial charge in [0.05, 0.1) is 25.4 Å². The largest absolute Gasteiger partial charge is 0.376 e. The van der Waals surface area contributed by atoms with Crippen molar-refractivity contribution in [1.82, 2.24) is 15.5 Å². The maximum atomic E-state index is 10.9. The van der Waals surface area contributed by atoms with Crippen LogP contribution in [-0.2, 0) is 14.3 Å². The average Bonchev–Trinajstić information content (AvgIpc) is 2.64. The van der Waals surface area contributed by atoms with E-state index in [1.807, 2.05) is 0 Å². The average molecular weight is 482 g/mol. The third-order valence-electron chi connectivity index (χ3n) is 4.62. The topological polar surface area (TPSA) is 75.2 Å². The summed E-state index contributed by atoms with van der Waals surface area (Å²) in [7, 11) is 0. The number of hydrogen-bond acceptors (Lipinski definition) is 4. The summed E-state index contributed by atoms with van der Waals surface area (Å²) in [4.78, 5) is 17.8. The van der Waals surface area contributed by atoms with Crippen LogP contribution in [0.3, 0.4) is 0 Å². The Morgan fingerprint density at radius 2 is 2.00 bits per heavy atom. The van der Waals surface area contributed by atoms with E-state index in [0.29, 0.717) is 25.3 Å². The fourth-order valence-corrected chi connectivity index (χ4v) is 3.24. The zero-order valence-electron chi connectivity index (χ0n) is 16.2. The lowest BCUT2D eigenvalue weighted by molar-refractivity contribution is -0.118. The van der Waals surface area contributed by atoms with Gasteiger partial charge in [-0.3, -0.25) is 9.79 Å². The molecule has 1 amide bonds. The van der Waals surface area contributed by atoms with Gasteiger partial charge in [-0.25, -0.2) is 0 Å². The molecule has 0 bridgehead atoms. The molecule has 1 atom stereocenters. The fourth-order valence-electron chi connectivity index (χ4n) is 3.24. The van der Waals surface area contributed by atoms with Crippen molar-refractivity contribution in [3.05, 3.63) is 0 Å². The van der Waals surface area contributed by atoms with E-state index in [1.54, 1.807) is 0 Å². The van der Waals surface area contributed by atoms with E-state index in [9.17, 15) is 4.79 Å². The SMILES string of the molecule is CCNC(=NCCNC(C)=O)N1CCC(OCC2CCCCO2)CC1.I. The van der Waals surface area contributed by atoms with Gasteiger partial charge in [0.2, 0.25) is 5.91 Å². The molecule has 0 radical (unpaired) electrons. The van der Waals surface area contributed by atoms with Crippen LogP contribution in [0.15, 0.2) is 4.99 Å². The monoisotopic (exact) mass is 482 g/mol. The van der Waals surface area contributed by atoms with Gasteiger partial charge in [-0.05, 0) is 39.0 Å². The van der Waals surface area contributed by atoms with Crippen molar-refractivity contribution in [2.45, 2.75) is 58.2 Å². The Morgan fingerprint density at radius 3 is 2.62 bits per heavy atom. The smallest absolute Gasteiger partial charge is 0.216 e. The second kappa shape index (κ2) is 13.5. The first-order valence-electron chi connectivity index (χ1n) is 9.70. The first-order chi connectivity index (χ1) is 12.2. The lowest BCUT2D eigenvalue weighted by Gasteiger charge is -2.35. The molecule has 0 spiro atoms. The van der Waals surface area contributed by atoms with Gasteiger partial charge in [0, 0.05) is 39.7 Å². The maximum absolute atomic E-state index is 10.9. The molecular weight excluding hydrogens is 447 g/mol. The van der Waals surface area contributed by atoms with Gasteiger partial charge < -0.3 is 25.0 Å². The number of nitrogens with zero attached hydrogens (tertiary/aromatic N) is 2. The molecule has 2 heterocycles. The molecule has 0 aromatic heterocycles. The summed E-state index contributed by atoms with van der Waals surface area (Å²) in [5.74, 6) is 0.919. The molecule has 2 saturated heterocycles. The molecule has 152 valence electrons. The van der Waals surface area contributed by atoms with E-state index in [-0.39, 0.29) is 29.9 Å². The number of nitrogens with one attached hydrogen (secondary N) is 2. The van der Waals surface area contributed by atoms with Crippen molar-refractivity contribution in [3.8, 4) is 0 Å². The molecule has 2 N–H and O–H groups in total. The minimum Gasteiger partial charge on any atom is -0.376 e. The predicted octanol–water partition coefficient (Wildman–Crippen LogP) is 1.76. The molecule has 2 rings (SSSR count). The van der Waals surface area contributed by atoms with E-state index < -0.39 is 0 Å². The number of aliphatic imine (C=N–C) groups is 1.